The molecule has 5 heteroatoms. The lowest BCUT2D eigenvalue weighted by Crippen LogP contribution is -2.23. The summed E-state index contributed by atoms with van der Waals surface area (Å²) in [5.41, 5.74) is 1.59. The fourth-order valence-corrected chi connectivity index (χ4v) is 2.25. The predicted molar refractivity (Wildman–Crippen MR) is 80.3 cm³/mol. The van der Waals surface area contributed by atoms with Gasteiger partial charge in [0.2, 0.25) is 0 Å². The Morgan fingerprint density at radius 3 is 2.45 bits per heavy atom. The zero-order valence-electron chi connectivity index (χ0n) is 12.9. The largest absolute Gasteiger partial charge is 0.478 e. The lowest BCUT2D eigenvalue weighted by atomic mass is 10.0. The maximum Gasteiger partial charge on any atom is 0.339 e. The van der Waals surface area contributed by atoms with Crippen molar-refractivity contribution in [3.05, 3.63) is 16.8 Å². The first kappa shape index (κ1) is 16.4. The Hall–Kier alpha value is -1.65. The van der Waals surface area contributed by atoms with Crippen LogP contribution in [-0.2, 0) is 0 Å². The zero-order valence-corrected chi connectivity index (χ0v) is 12.9. The Morgan fingerprint density at radius 2 is 1.90 bits per heavy atom. The SMILES string of the molecule is CCCCC(CCC)Nc1nnc(C)c(C)c1C(=O)O. The van der Waals surface area contributed by atoms with Crippen LogP contribution >= 0.6 is 0 Å². The summed E-state index contributed by atoms with van der Waals surface area (Å²) in [6, 6.07) is 0.259. The number of hydrogen-bond acceptors (Lipinski definition) is 4. The molecule has 2 N–H and O–H groups in total. The molecule has 0 aliphatic rings. The van der Waals surface area contributed by atoms with Crippen LogP contribution in [0.4, 0.5) is 5.82 Å². The molecule has 0 fully saturated rings. The first-order valence-corrected chi connectivity index (χ1v) is 7.34. The molecule has 1 rings (SSSR count). The van der Waals surface area contributed by atoms with Crippen molar-refractivity contribution in [1.29, 1.82) is 0 Å². The van der Waals surface area contributed by atoms with Crippen LogP contribution in [0.2, 0.25) is 0 Å². The van der Waals surface area contributed by atoms with Gasteiger partial charge in [0.15, 0.2) is 5.82 Å². The molecule has 0 bridgehead atoms. The molecule has 0 aliphatic carbocycles. The number of carboxylic acid groups (broad SMARTS) is 1. The molecule has 0 saturated carbocycles. The van der Waals surface area contributed by atoms with Crippen molar-refractivity contribution in [2.45, 2.75) is 65.8 Å². The lowest BCUT2D eigenvalue weighted by Gasteiger charge is -2.20. The highest BCUT2D eigenvalue weighted by atomic mass is 16.4. The molecule has 0 radical (unpaired) electrons. The molecule has 0 spiro atoms. The summed E-state index contributed by atoms with van der Waals surface area (Å²) < 4.78 is 0. The number of aryl methyl sites for hydroxylation is 1. The van der Waals surface area contributed by atoms with Crippen LogP contribution in [0, 0.1) is 13.8 Å². The molecular formula is C15H25N3O2. The van der Waals surface area contributed by atoms with Crippen LogP contribution in [0.3, 0.4) is 0 Å². The van der Waals surface area contributed by atoms with E-state index < -0.39 is 5.97 Å². The quantitative estimate of drug-likeness (QED) is 0.761. The summed E-state index contributed by atoms with van der Waals surface area (Å²) in [6.45, 7) is 7.84. The van der Waals surface area contributed by atoms with Crippen molar-refractivity contribution in [1.82, 2.24) is 10.2 Å². The van der Waals surface area contributed by atoms with E-state index in [1.165, 1.54) is 0 Å². The van der Waals surface area contributed by atoms with Gasteiger partial charge in [-0.2, -0.15) is 5.10 Å². The van der Waals surface area contributed by atoms with Crippen molar-refractivity contribution in [3.63, 3.8) is 0 Å². The van der Waals surface area contributed by atoms with Crippen LogP contribution in [0.15, 0.2) is 0 Å². The third-order valence-corrected chi connectivity index (χ3v) is 3.55. The monoisotopic (exact) mass is 279 g/mol. The summed E-state index contributed by atoms with van der Waals surface area (Å²) in [6.07, 6.45) is 5.35. The fourth-order valence-electron chi connectivity index (χ4n) is 2.25. The second-order valence-corrected chi connectivity index (χ2v) is 5.21. The Kier molecular flexibility index (Phi) is 6.42. The van der Waals surface area contributed by atoms with Crippen LogP contribution in [0.25, 0.3) is 0 Å². The molecule has 0 aromatic carbocycles. The van der Waals surface area contributed by atoms with Gasteiger partial charge in [0.05, 0.1) is 5.69 Å². The lowest BCUT2D eigenvalue weighted by molar-refractivity contribution is 0.0696. The van der Waals surface area contributed by atoms with E-state index in [2.05, 4.69) is 29.4 Å². The van der Waals surface area contributed by atoms with Crippen molar-refractivity contribution in [3.8, 4) is 0 Å². The van der Waals surface area contributed by atoms with Gasteiger partial charge in [-0.1, -0.05) is 33.1 Å². The Labute approximate surface area is 120 Å². The van der Waals surface area contributed by atoms with E-state index in [4.69, 9.17) is 0 Å². The van der Waals surface area contributed by atoms with Gasteiger partial charge in [0.1, 0.15) is 5.56 Å². The van der Waals surface area contributed by atoms with E-state index in [1.807, 2.05) is 0 Å². The van der Waals surface area contributed by atoms with Gasteiger partial charge in [-0.3, -0.25) is 0 Å². The molecule has 0 aliphatic heterocycles. The van der Waals surface area contributed by atoms with Gasteiger partial charge in [-0.05, 0) is 32.3 Å². The number of hydrogen-bond donors (Lipinski definition) is 2. The van der Waals surface area contributed by atoms with Crippen molar-refractivity contribution in [2.24, 2.45) is 0 Å². The topological polar surface area (TPSA) is 75.1 Å². The van der Waals surface area contributed by atoms with Gasteiger partial charge in [-0.25, -0.2) is 4.79 Å². The van der Waals surface area contributed by atoms with Gasteiger partial charge in [-0.15, -0.1) is 5.10 Å². The average Bonchev–Trinajstić information content (AvgIpc) is 2.40. The second-order valence-electron chi connectivity index (χ2n) is 5.21. The minimum absolute atomic E-state index is 0.245. The first-order chi connectivity index (χ1) is 9.51. The summed E-state index contributed by atoms with van der Waals surface area (Å²) in [5, 5.41) is 20.7. The van der Waals surface area contributed by atoms with Crippen LogP contribution in [0.5, 0.6) is 0 Å². The van der Waals surface area contributed by atoms with E-state index in [0.29, 0.717) is 17.1 Å². The molecule has 1 unspecified atom stereocenters. The number of nitrogens with one attached hydrogen (secondary N) is 1. The predicted octanol–water partition coefficient (Wildman–Crippen LogP) is 3.56. The average molecular weight is 279 g/mol. The van der Waals surface area contributed by atoms with Crippen molar-refractivity contribution in [2.75, 3.05) is 5.32 Å². The Balaban J connectivity index is 2.99. The number of aromatic carboxylic acids is 1. The Bertz CT molecular complexity index is 461. The second kappa shape index (κ2) is 7.82. The Morgan fingerprint density at radius 1 is 1.20 bits per heavy atom. The smallest absolute Gasteiger partial charge is 0.339 e. The van der Waals surface area contributed by atoms with Crippen LogP contribution in [-0.4, -0.2) is 27.3 Å². The van der Waals surface area contributed by atoms with Crippen LogP contribution < -0.4 is 5.32 Å². The van der Waals surface area contributed by atoms with Crippen molar-refractivity contribution >= 4 is 11.8 Å². The van der Waals surface area contributed by atoms with E-state index in [0.717, 1.165) is 32.1 Å². The summed E-state index contributed by atoms with van der Waals surface area (Å²) >= 11 is 0. The number of carbonyl (C=O) groups is 1. The molecule has 5 nitrogen and oxygen atoms in total. The maximum atomic E-state index is 11.4. The molecule has 1 atom stereocenters. The number of carboxylic acids is 1. The van der Waals surface area contributed by atoms with Gasteiger partial charge < -0.3 is 10.4 Å². The molecule has 1 aromatic rings. The highest BCUT2D eigenvalue weighted by Crippen LogP contribution is 2.21. The van der Waals surface area contributed by atoms with Crippen molar-refractivity contribution < 1.29 is 9.90 Å². The minimum atomic E-state index is -0.950. The summed E-state index contributed by atoms with van der Waals surface area (Å²) in [7, 11) is 0. The zero-order chi connectivity index (χ0) is 15.1. The standard InChI is InChI=1S/C15H25N3O2/c1-5-7-9-12(8-6-2)16-14-13(15(19)20)10(3)11(4)17-18-14/h12H,5-9H2,1-4H3,(H,16,18)(H,19,20). The molecule has 1 heterocycles. The third kappa shape index (κ3) is 4.18. The minimum Gasteiger partial charge on any atom is -0.478 e. The fraction of sp³-hybridized carbons (Fsp3) is 0.667. The van der Waals surface area contributed by atoms with Crippen LogP contribution in [0.1, 0.15) is 67.6 Å². The number of anilines is 1. The van der Waals surface area contributed by atoms with Gasteiger partial charge in [0.25, 0.3) is 0 Å². The molecule has 0 amide bonds. The summed E-state index contributed by atoms with van der Waals surface area (Å²) in [5.74, 6) is -0.552. The third-order valence-electron chi connectivity index (χ3n) is 3.55. The molecule has 20 heavy (non-hydrogen) atoms. The molecule has 1 aromatic heterocycles. The number of rotatable bonds is 8. The van der Waals surface area contributed by atoms with Gasteiger partial charge in [0, 0.05) is 6.04 Å². The van der Waals surface area contributed by atoms with E-state index in [9.17, 15) is 9.90 Å². The highest BCUT2D eigenvalue weighted by Gasteiger charge is 2.19. The first-order valence-electron chi connectivity index (χ1n) is 7.34. The molecule has 0 saturated heterocycles. The number of aromatic nitrogens is 2. The van der Waals surface area contributed by atoms with E-state index in [-0.39, 0.29) is 11.6 Å². The summed E-state index contributed by atoms with van der Waals surface area (Å²) in [4.78, 5) is 11.4. The van der Waals surface area contributed by atoms with E-state index >= 15 is 0 Å². The number of nitrogens with zero attached hydrogens (tertiary/aromatic N) is 2. The maximum absolute atomic E-state index is 11.4. The number of unbranched alkanes of at least 4 members (excludes halogenated alkanes) is 1. The van der Waals surface area contributed by atoms with Gasteiger partial charge >= 0.3 is 5.97 Å². The molecule has 112 valence electrons. The molecular weight excluding hydrogens is 254 g/mol. The normalized spacial score (nSPS) is 12.2. The highest BCUT2D eigenvalue weighted by molar-refractivity contribution is 5.94. The van der Waals surface area contributed by atoms with E-state index in [1.54, 1.807) is 13.8 Å².